The summed E-state index contributed by atoms with van der Waals surface area (Å²) in [6, 6.07) is -0.495. The van der Waals surface area contributed by atoms with E-state index >= 15 is 0 Å². The van der Waals surface area contributed by atoms with Gasteiger partial charge in [-0.1, -0.05) is 13.8 Å². The smallest absolute Gasteiger partial charge is 0.305 e. The molecule has 0 aromatic carbocycles. The van der Waals surface area contributed by atoms with Crippen molar-refractivity contribution in [1.82, 2.24) is 10.3 Å². The van der Waals surface area contributed by atoms with Crippen molar-refractivity contribution in [3.05, 3.63) is 32.7 Å². The number of aromatic amines is 1. The van der Waals surface area contributed by atoms with Crippen LogP contribution in [0.3, 0.4) is 0 Å². The molecule has 0 aliphatic heterocycles. The van der Waals surface area contributed by atoms with Gasteiger partial charge in [-0.25, -0.2) is 0 Å². The minimum absolute atomic E-state index is 0.0576. The van der Waals surface area contributed by atoms with Gasteiger partial charge in [-0.2, -0.15) is 0 Å². The number of aromatic nitrogens is 1. The van der Waals surface area contributed by atoms with Crippen LogP contribution in [-0.4, -0.2) is 28.0 Å². The summed E-state index contributed by atoms with van der Waals surface area (Å²) in [5.41, 5.74) is 1.81. The Morgan fingerprint density at radius 3 is 2.27 bits per heavy atom. The molecule has 1 aromatic rings. The fourth-order valence-corrected chi connectivity index (χ4v) is 2.47. The SMILES string of the molecule is Cc1[nH]c(=O)c(C(=O)NC(CC(=O)O)CC(C)C)c(C)c1C. The number of rotatable bonds is 6. The Kier molecular flexibility index (Phi) is 5.91. The predicted octanol–water partition coefficient (Wildman–Crippen LogP) is 1.92. The summed E-state index contributed by atoms with van der Waals surface area (Å²) in [6.07, 6.45) is 0.381. The van der Waals surface area contributed by atoms with Crippen LogP contribution in [0, 0.1) is 26.7 Å². The molecule has 1 amide bonds. The van der Waals surface area contributed by atoms with E-state index in [1.54, 1.807) is 13.8 Å². The highest BCUT2D eigenvalue weighted by Gasteiger charge is 2.22. The van der Waals surface area contributed by atoms with Crippen LogP contribution in [0.5, 0.6) is 0 Å². The van der Waals surface area contributed by atoms with Crippen molar-refractivity contribution < 1.29 is 14.7 Å². The highest BCUT2D eigenvalue weighted by molar-refractivity contribution is 5.96. The Morgan fingerprint density at radius 1 is 1.18 bits per heavy atom. The number of hydrogen-bond acceptors (Lipinski definition) is 3. The van der Waals surface area contributed by atoms with E-state index in [0.29, 0.717) is 12.0 Å². The van der Waals surface area contributed by atoms with Crippen molar-refractivity contribution in [2.75, 3.05) is 0 Å². The normalized spacial score (nSPS) is 12.3. The number of carboxylic acid groups (broad SMARTS) is 1. The number of hydrogen-bond donors (Lipinski definition) is 3. The summed E-state index contributed by atoms with van der Waals surface area (Å²) in [7, 11) is 0. The van der Waals surface area contributed by atoms with Crippen molar-refractivity contribution in [2.24, 2.45) is 5.92 Å². The molecule has 1 rings (SSSR count). The van der Waals surface area contributed by atoms with Crippen molar-refractivity contribution in [1.29, 1.82) is 0 Å². The molecule has 0 radical (unpaired) electrons. The number of carbonyl (C=O) groups is 2. The predicted molar refractivity (Wildman–Crippen MR) is 84.2 cm³/mol. The zero-order chi connectivity index (χ0) is 17.0. The first-order valence-electron chi connectivity index (χ1n) is 7.36. The molecule has 0 fully saturated rings. The van der Waals surface area contributed by atoms with E-state index < -0.39 is 23.5 Å². The molecule has 122 valence electrons. The molecular formula is C16H24N2O4. The second kappa shape index (κ2) is 7.24. The van der Waals surface area contributed by atoms with Gasteiger partial charge < -0.3 is 15.4 Å². The summed E-state index contributed by atoms with van der Waals surface area (Å²) >= 11 is 0. The van der Waals surface area contributed by atoms with E-state index in [9.17, 15) is 14.4 Å². The van der Waals surface area contributed by atoms with Gasteiger partial charge in [0.25, 0.3) is 11.5 Å². The van der Waals surface area contributed by atoms with Crippen LogP contribution in [0.25, 0.3) is 0 Å². The lowest BCUT2D eigenvalue weighted by molar-refractivity contribution is -0.137. The number of pyridine rings is 1. The molecule has 0 bridgehead atoms. The molecule has 0 aliphatic rings. The molecule has 3 N–H and O–H groups in total. The maximum Gasteiger partial charge on any atom is 0.305 e. The van der Waals surface area contributed by atoms with Gasteiger partial charge in [0, 0.05) is 11.7 Å². The fourth-order valence-electron chi connectivity index (χ4n) is 2.47. The lowest BCUT2D eigenvalue weighted by atomic mass is 9.99. The fraction of sp³-hybridized carbons (Fsp3) is 0.562. The first-order chi connectivity index (χ1) is 10.1. The molecule has 0 saturated heterocycles. The van der Waals surface area contributed by atoms with Crippen LogP contribution in [0.2, 0.25) is 0 Å². The van der Waals surface area contributed by atoms with E-state index in [0.717, 1.165) is 11.3 Å². The summed E-state index contributed by atoms with van der Waals surface area (Å²) < 4.78 is 0. The summed E-state index contributed by atoms with van der Waals surface area (Å²) in [5, 5.41) is 11.6. The molecule has 1 unspecified atom stereocenters. The van der Waals surface area contributed by atoms with Crippen LogP contribution in [0.1, 0.15) is 53.9 Å². The monoisotopic (exact) mass is 308 g/mol. The molecule has 6 heteroatoms. The van der Waals surface area contributed by atoms with Gasteiger partial charge in [0.1, 0.15) is 5.56 Å². The van der Waals surface area contributed by atoms with Gasteiger partial charge in [0.15, 0.2) is 0 Å². The number of H-pyrrole nitrogens is 1. The van der Waals surface area contributed by atoms with Crippen molar-refractivity contribution in [3.8, 4) is 0 Å². The maximum atomic E-state index is 12.4. The van der Waals surface area contributed by atoms with Crippen molar-refractivity contribution in [2.45, 2.75) is 53.5 Å². The molecule has 1 heterocycles. The second-order valence-corrected chi connectivity index (χ2v) is 6.10. The lowest BCUT2D eigenvalue weighted by Gasteiger charge is -2.19. The average Bonchev–Trinajstić information content (AvgIpc) is 2.34. The van der Waals surface area contributed by atoms with Gasteiger partial charge in [0.05, 0.1) is 6.42 Å². The zero-order valence-electron chi connectivity index (χ0n) is 13.7. The molecule has 6 nitrogen and oxygen atoms in total. The Hall–Kier alpha value is -2.11. The lowest BCUT2D eigenvalue weighted by Crippen LogP contribution is -2.40. The quantitative estimate of drug-likeness (QED) is 0.747. The van der Waals surface area contributed by atoms with Gasteiger partial charge >= 0.3 is 5.97 Å². The average molecular weight is 308 g/mol. The van der Waals surface area contributed by atoms with E-state index in [4.69, 9.17) is 5.11 Å². The Bertz CT molecular complexity index is 632. The minimum Gasteiger partial charge on any atom is -0.481 e. The number of nitrogens with one attached hydrogen (secondary N) is 2. The van der Waals surface area contributed by atoms with Crippen LogP contribution in [0.15, 0.2) is 4.79 Å². The third kappa shape index (κ3) is 4.44. The van der Waals surface area contributed by atoms with Gasteiger partial charge in [-0.3, -0.25) is 14.4 Å². The molecule has 0 aliphatic carbocycles. The third-order valence-electron chi connectivity index (χ3n) is 3.77. The first kappa shape index (κ1) is 17.9. The van der Waals surface area contributed by atoms with Crippen LogP contribution in [-0.2, 0) is 4.79 Å². The number of aliphatic carboxylic acids is 1. The van der Waals surface area contributed by atoms with Crippen LogP contribution < -0.4 is 10.9 Å². The molecule has 1 aromatic heterocycles. The van der Waals surface area contributed by atoms with Gasteiger partial charge in [-0.05, 0) is 44.2 Å². The number of carbonyl (C=O) groups excluding carboxylic acids is 1. The van der Waals surface area contributed by atoms with Crippen molar-refractivity contribution in [3.63, 3.8) is 0 Å². The van der Waals surface area contributed by atoms with Gasteiger partial charge in [-0.15, -0.1) is 0 Å². The molecule has 0 spiro atoms. The number of carboxylic acids is 1. The van der Waals surface area contributed by atoms with E-state index in [-0.39, 0.29) is 17.9 Å². The van der Waals surface area contributed by atoms with E-state index in [1.165, 1.54) is 0 Å². The van der Waals surface area contributed by atoms with Crippen LogP contribution in [0.4, 0.5) is 0 Å². The highest BCUT2D eigenvalue weighted by atomic mass is 16.4. The Morgan fingerprint density at radius 2 is 1.77 bits per heavy atom. The maximum absolute atomic E-state index is 12.4. The first-order valence-corrected chi connectivity index (χ1v) is 7.36. The minimum atomic E-state index is -0.975. The van der Waals surface area contributed by atoms with Crippen molar-refractivity contribution >= 4 is 11.9 Å². The number of aryl methyl sites for hydroxylation is 1. The van der Waals surface area contributed by atoms with E-state index in [1.807, 2.05) is 20.8 Å². The Labute approximate surface area is 129 Å². The summed E-state index contributed by atoms with van der Waals surface area (Å²) in [5.74, 6) is -1.26. The van der Waals surface area contributed by atoms with Gasteiger partial charge in [0.2, 0.25) is 0 Å². The molecular weight excluding hydrogens is 284 g/mol. The standard InChI is InChI=1S/C16H24N2O4/c1-8(2)6-12(7-13(19)20)18-16(22)14-10(4)9(3)11(5)17-15(14)21/h8,12H,6-7H2,1-5H3,(H,17,21)(H,18,22)(H,19,20). The topological polar surface area (TPSA) is 99.3 Å². The number of amides is 1. The zero-order valence-corrected chi connectivity index (χ0v) is 13.7. The largest absolute Gasteiger partial charge is 0.481 e. The summed E-state index contributed by atoms with van der Waals surface area (Å²) in [4.78, 5) is 38.0. The summed E-state index contributed by atoms with van der Waals surface area (Å²) in [6.45, 7) is 9.24. The molecule has 1 atom stereocenters. The molecule has 22 heavy (non-hydrogen) atoms. The second-order valence-electron chi connectivity index (χ2n) is 6.10. The van der Waals surface area contributed by atoms with Crippen LogP contribution >= 0.6 is 0 Å². The third-order valence-corrected chi connectivity index (χ3v) is 3.77. The highest BCUT2D eigenvalue weighted by Crippen LogP contribution is 2.13. The van der Waals surface area contributed by atoms with E-state index in [2.05, 4.69) is 10.3 Å². The Balaban J connectivity index is 3.07. The molecule has 0 saturated carbocycles.